The average Bonchev–Trinajstić information content (AvgIpc) is 3.35. The molecule has 0 saturated carbocycles. The smallest absolute Gasteiger partial charge is 0.122 e. The van der Waals surface area contributed by atoms with E-state index >= 15 is 0 Å². The molecule has 4 rings (SSSR count). The SMILES string of the molecule is c1ccc(OCCOc2ccc(CNc3ccc(OCC4CCCO4)cc3)cc2)cc1. The zero-order chi connectivity index (χ0) is 21.1. The maximum Gasteiger partial charge on any atom is 0.122 e. The lowest BCUT2D eigenvalue weighted by Gasteiger charge is -2.12. The number of anilines is 1. The number of rotatable bonds is 11. The van der Waals surface area contributed by atoms with E-state index in [0.29, 0.717) is 19.8 Å². The Balaban J connectivity index is 1.15. The second kappa shape index (κ2) is 11.3. The van der Waals surface area contributed by atoms with Gasteiger partial charge >= 0.3 is 0 Å². The van der Waals surface area contributed by atoms with Crippen molar-refractivity contribution in [3.63, 3.8) is 0 Å². The lowest BCUT2D eigenvalue weighted by Crippen LogP contribution is -2.16. The lowest BCUT2D eigenvalue weighted by molar-refractivity contribution is 0.0679. The van der Waals surface area contributed by atoms with Crippen LogP contribution < -0.4 is 19.5 Å². The van der Waals surface area contributed by atoms with Crippen LogP contribution in [0.5, 0.6) is 17.2 Å². The number of ether oxygens (including phenoxy) is 4. The van der Waals surface area contributed by atoms with Crippen molar-refractivity contribution in [3.05, 3.63) is 84.4 Å². The fourth-order valence-electron chi connectivity index (χ4n) is 3.38. The Labute approximate surface area is 183 Å². The van der Waals surface area contributed by atoms with Gasteiger partial charge in [0, 0.05) is 18.8 Å². The van der Waals surface area contributed by atoms with Crippen LogP contribution in [0.3, 0.4) is 0 Å². The Morgan fingerprint density at radius 3 is 2.06 bits per heavy atom. The molecule has 31 heavy (non-hydrogen) atoms. The first-order valence-corrected chi connectivity index (χ1v) is 10.8. The van der Waals surface area contributed by atoms with Gasteiger partial charge in [-0.25, -0.2) is 0 Å². The highest BCUT2D eigenvalue weighted by Crippen LogP contribution is 2.19. The predicted molar refractivity (Wildman–Crippen MR) is 122 cm³/mol. The van der Waals surface area contributed by atoms with E-state index in [-0.39, 0.29) is 6.10 Å². The summed E-state index contributed by atoms with van der Waals surface area (Å²) in [6.07, 6.45) is 2.46. The van der Waals surface area contributed by atoms with Crippen molar-refractivity contribution in [1.29, 1.82) is 0 Å². The van der Waals surface area contributed by atoms with E-state index in [9.17, 15) is 0 Å². The van der Waals surface area contributed by atoms with Crippen LogP contribution in [0, 0.1) is 0 Å². The van der Waals surface area contributed by atoms with Crippen molar-refractivity contribution < 1.29 is 18.9 Å². The zero-order valence-electron chi connectivity index (χ0n) is 17.7. The van der Waals surface area contributed by atoms with Crippen molar-refractivity contribution in [1.82, 2.24) is 0 Å². The average molecular weight is 420 g/mol. The van der Waals surface area contributed by atoms with Crippen molar-refractivity contribution in [2.75, 3.05) is 31.7 Å². The molecule has 3 aromatic carbocycles. The molecule has 1 aliphatic heterocycles. The molecule has 1 atom stereocenters. The van der Waals surface area contributed by atoms with E-state index in [1.54, 1.807) is 0 Å². The summed E-state index contributed by atoms with van der Waals surface area (Å²) in [7, 11) is 0. The first-order valence-electron chi connectivity index (χ1n) is 10.8. The maximum absolute atomic E-state index is 5.81. The molecular formula is C26H29NO4. The first-order chi connectivity index (χ1) is 15.3. The molecule has 0 aromatic heterocycles. The molecule has 1 heterocycles. The van der Waals surface area contributed by atoms with Crippen LogP contribution in [-0.4, -0.2) is 32.5 Å². The molecule has 5 nitrogen and oxygen atoms in total. The summed E-state index contributed by atoms with van der Waals surface area (Å²) >= 11 is 0. The van der Waals surface area contributed by atoms with Gasteiger partial charge in [0.05, 0.1) is 6.10 Å². The van der Waals surface area contributed by atoms with E-state index in [2.05, 4.69) is 17.4 Å². The number of para-hydroxylation sites is 1. The topological polar surface area (TPSA) is 49.0 Å². The van der Waals surface area contributed by atoms with Gasteiger partial charge in [0.25, 0.3) is 0 Å². The molecule has 1 N–H and O–H groups in total. The Bertz CT molecular complexity index is 891. The monoisotopic (exact) mass is 419 g/mol. The standard InChI is InChI=1S/C26H29NO4/c1-2-5-23(6-3-1)29-17-18-30-24-12-8-21(9-13-24)19-27-22-10-14-25(15-11-22)31-20-26-7-4-16-28-26/h1-3,5-6,8-15,26-27H,4,7,16-20H2. The van der Waals surface area contributed by atoms with E-state index in [1.165, 1.54) is 5.56 Å². The third-order valence-electron chi connectivity index (χ3n) is 5.10. The van der Waals surface area contributed by atoms with Crippen molar-refractivity contribution in [2.24, 2.45) is 0 Å². The van der Waals surface area contributed by atoms with Crippen LogP contribution in [0.4, 0.5) is 5.69 Å². The molecule has 0 aliphatic carbocycles. The lowest BCUT2D eigenvalue weighted by atomic mass is 10.2. The van der Waals surface area contributed by atoms with Gasteiger partial charge in [-0.2, -0.15) is 0 Å². The Kier molecular flexibility index (Phi) is 7.66. The molecule has 0 radical (unpaired) electrons. The number of benzene rings is 3. The molecule has 162 valence electrons. The van der Waals surface area contributed by atoms with Gasteiger partial charge < -0.3 is 24.3 Å². The number of hydrogen-bond donors (Lipinski definition) is 1. The maximum atomic E-state index is 5.81. The highest BCUT2D eigenvalue weighted by molar-refractivity contribution is 5.47. The molecule has 0 spiro atoms. The minimum absolute atomic E-state index is 0.237. The first kappa shape index (κ1) is 21.1. The van der Waals surface area contributed by atoms with Gasteiger partial charge in [0.2, 0.25) is 0 Å². The number of nitrogens with one attached hydrogen (secondary N) is 1. The largest absolute Gasteiger partial charge is 0.491 e. The summed E-state index contributed by atoms with van der Waals surface area (Å²) in [6.45, 7) is 3.24. The minimum atomic E-state index is 0.237. The molecule has 1 saturated heterocycles. The van der Waals surface area contributed by atoms with Gasteiger partial charge in [0.15, 0.2) is 0 Å². The van der Waals surface area contributed by atoms with Gasteiger partial charge in [-0.05, 0) is 66.9 Å². The molecule has 0 bridgehead atoms. The fraction of sp³-hybridized carbons (Fsp3) is 0.308. The Morgan fingerprint density at radius 1 is 0.742 bits per heavy atom. The summed E-state index contributed by atoms with van der Waals surface area (Å²) < 4.78 is 22.8. The van der Waals surface area contributed by atoms with Crippen LogP contribution >= 0.6 is 0 Å². The van der Waals surface area contributed by atoms with E-state index < -0.39 is 0 Å². The highest BCUT2D eigenvalue weighted by atomic mass is 16.5. The Hall–Kier alpha value is -3.18. The second-order valence-electron chi connectivity index (χ2n) is 7.48. The van der Waals surface area contributed by atoms with Crippen LogP contribution in [0.2, 0.25) is 0 Å². The van der Waals surface area contributed by atoms with Gasteiger partial charge in [-0.3, -0.25) is 0 Å². The molecule has 3 aromatic rings. The van der Waals surface area contributed by atoms with Crippen LogP contribution in [-0.2, 0) is 11.3 Å². The zero-order valence-corrected chi connectivity index (χ0v) is 17.7. The summed E-state index contributed by atoms with van der Waals surface area (Å²) in [6, 6.07) is 25.9. The molecule has 1 fully saturated rings. The molecule has 1 unspecified atom stereocenters. The van der Waals surface area contributed by atoms with E-state index in [1.807, 2.05) is 66.7 Å². The molecule has 0 amide bonds. The van der Waals surface area contributed by atoms with Gasteiger partial charge in [-0.1, -0.05) is 30.3 Å². The van der Waals surface area contributed by atoms with Crippen molar-refractivity contribution in [2.45, 2.75) is 25.5 Å². The summed E-state index contributed by atoms with van der Waals surface area (Å²) in [5, 5.41) is 3.43. The van der Waals surface area contributed by atoms with E-state index in [4.69, 9.17) is 18.9 Å². The Morgan fingerprint density at radius 2 is 1.39 bits per heavy atom. The fourth-order valence-corrected chi connectivity index (χ4v) is 3.38. The van der Waals surface area contributed by atoms with E-state index in [0.717, 1.165) is 48.9 Å². The molecule has 1 aliphatic rings. The van der Waals surface area contributed by atoms with Crippen LogP contribution in [0.25, 0.3) is 0 Å². The van der Waals surface area contributed by atoms with Gasteiger partial charge in [-0.15, -0.1) is 0 Å². The minimum Gasteiger partial charge on any atom is -0.491 e. The van der Waals surface area contributed by atoms with Gasteiger partial charge in [0.1, 0.15) is 37.1 Å². The predicted octanol–water partition coefficient (Wildman–Crippen LogP) is 5.31. The normalized spacial score (nSPS) is 15.4. The van der Waals surface area contributed by atoms with Crippen molar-refractivity contribution in [3.8, 4) is 17.2 Å². The quantitative estimate of drug-likeness (QED) is 0.427. The summed E-state index contributed by atoms with van der Waals surface area (Å²) in [5.41, 5.74) is 2.24. The third kappa shape index (κ3) is 6.93. The van der Waals surface area contributed by atoms with Crippen LogP contribution in [0.1, 0.15) is 18.4 Å². The summed E-state index contributed by atoms with van der Waals surface area (Å²) in [4.78, 5) is 0. The third-order valence-corrected chi connectivity index (χ3v) is 5.10. The molecule has 5 heteroatoms. The summed E-state index contributed by atoms with van der Waals surface area (Å²) in [5.74, 6) is 2.57. The highest BCUT2D eigenvalue weighted by Gasteiger charge is 2.15. The van der Waals surface area contributed by atoms with Crippen LogP contribution in [0.15, 0.2) is 78.9 Å². The molecular weight excluding hydrogens is 390 g/mol. The van der Waals surface area contributed by atoms with Crippen molar-refractivity contribution >= 4 is 5.69 Å². The number of hydrogen-bond acceptors (Lipinski definition) is 5. The second-order valence-corrected chi connectivity index (χ2v) is 7.48.